The summed E-state index contributed by atoms with van der Waals surface area (Å²) in [6.07, 6.45) is 0. The average Bonchev–Trinajstić information content (AvgIpc) is 2.01. The van der Waals surface area contributed by atoms with Crippen LogP contribution in [0.4, 0.5) is 0 Å². The minimum absolute atomic E-state index is 0.313. The Balaban J connectivity index is 3.02. The van der Waals surface area contributed by atoms with Crippen molar-refractivity contribution < 1.29 is 9.42 Å². The van der Waals surface area contributed by atoms with E-state index in [1.54, 1.807) is 6.07 Å². The van der Waals surface area contributed by atoms with Crippen LogP contribution in [0, 0.1) is 0 Å². The first-order valence-electron chi connectivity index (χ1n) is 4.30. The van der Waals surface area contributed by atoms with Crippen molar-refractivity contribution in [2.24, 2.45) is 5.50 Å². The van der Waals surface area contributed by atoms with Gasteiger partial charge in [-0.2, -0.15) is 0 Å². The summed E-state index contributed by atoms with van der Waals surface area (Å²) in [5.74, 6) is 0.892. The van der Waals surface area contributed by atoms with Crippen molar-refractivity contribution in [2.75, 3.05) is 0 Å². The lowest BCUT2D eigenvalue weighted by Gasteiger charge is -2.16. The van der Waals surface area contributed by atoms with E-state index in [2.05, 4.69) is 11.8 Å². The van der Waals surface area contributed by atoms with Gasteiger partial charge < -0.3 is 9.42 Å². The molecule has 0 radical (unpaired) electrons. The fraction of sp³-hybridized carbons (Fsp3) is 0.333. The van der Waals surface area contributed by atoms with E-state index in [4.69, 9.17) is 10.0 Å². The minimum atomic E-state index is -3.12. The Morgan fingerprint density at radius 3 is 2.50 bits per heavy atom. The van der Waals surface area contributed by atoms with Gasteiger partial charge in [-0.25, -0.2) is 5.50 Å². The monoisotopic (exact) mass is 231 g/mol. The second kappa shape index (κ2) is 4.41. The van der Waals surface area contributed by atoms with Crippen LogP contribution < -0.4 is 10.0 Å². The molecule has 0 aromatic heterocycles. The van der Waals surface area contributed by atoms with Gasteiger partial charge in [-0.05, 0) is 29.4 Å². The van der Waals surface area contributed by atoms with E-state index >= 15 is 0 Å². The Morgan fingerprint density at radius 2 is 2.00 bits per heavy atom. The molecule has 0 fully saturated rings. The maximum Gasteiger partial charge on any atom is 0.307 e. The van der Waals surface area contributed by atoms with Gasteiger partial charge in [0.15, 0.2) is 0 Å². The van der Waals surface area contributed by atoms with Gasteiger partial charge >= 0.3 is 6.64 Å². The molecule has 0 aliphatic rings. The van der Waals surface area contributed by atoms with Gasteiger partial charge in [0.1, 0.15) is 5.75 Å². The predicted molar refractivity (Wildman–Crippen MR) is 61.9 cm³/mol. The van der Waals surface area contributed by atoms with E-state index in [-0.39, 0.29) is 0 Å². The second-order valence-corrected chi connectivity index (χ2v) is 6.23. The molecule has 0 amide bonds. The normalized spacial score (nSPS) is 15.2. The number of rotatable bonds is 3. The summed E-state index contributed by atoms with van der Waals surface area (Å²) >= 11 is 4.64. The number of benzene rings is 1. The highest BCUT2D eigenvalue weighted by Gasteiger charge is 2.12. The fourth-order valence-corrected chi connectivity index (χ4v) is 1.87. The van der Waals surface area contributed by atoms with E-state index in [1.165, 1.54) is 0 Å². The lowest BCUT2D eigenvalue weighted by molar-refractivity contribution is 0.479. The number of para-hydroxylation sites is 1. The third-order valence-electron chi connectivity index (χ3n) is 1.77. The van der Waals surface area contributed by atoms with E-state index in [0.717, 1.165) is 5.56 Å². The first-order valence-corrected chi connectivity index (χ1v) is 7.04. The van der Waals surface area contributed by atoms with Crippen LogP contribution in [0.25, 0.3) is 0 Å². The number of nitrogens with two attached hydrogens (primary N) is 1. The molecule has 0 spiro atoms. The third kappa shape index (κ3) is 3.39. The van der Waals surface area contributed by atoms with Crippen molar-refractivity contribution in [1.82, 2.24) is 0 Å². The van der Waals surface area contributed by atoms with Crippen LogP contribution in [-0.4, -0.2) is 4.89 Å². The molecule has 0 aliphatic heterocycles. The molecule has 3 N–H and O–H groups in total. The smallest absolute Gasteiger partial charge is 0.307 e. The molecular formula is C9H14NO2PS. The molecule has 3 nitrogen and oxygen atoms in total. The molecule has 1 aromatic carbocycles. The summed E-state index contributed by atoms with van der Waals surface area (Å²) in [4.78, 5) is 9.26. The van der Waals surface area contributed by atoms with Crippen LogP contribution in [0.5, 0.6) is 5.75 Å². The molecule has 1 unspecified atom stereocenters. The van der Waals surface area contributed by atoms with Gasteiger partial charge in [0.05, 0.1) is 0 Å². The van der Waals surface area contributed by atoms with Crippen molar-refractivity contribution in [3.8, 4) is 5.75 Å². The quantitative estimate of drug-likeness (QED) is 0.784. The van der Waals surface area contributed by atoms with Gasteiger partial charge in [0, 0.05) is 0 Å². The Bertz CT molecular complexity index is 362. The molecule has 1 rings (SSSR count). The zero-order valence-corrected chi connectivity index (χ0v) is 9.89. The van der Waals surface area contributed by atoms with Crippen LogP contribution in [-0.2, 0) is 11.8 Å². The SMILES string of the molecule is CC(C)c1ccccc1OP(N)(O)=S. The Kier molecular flexibility index (Phi) is 3.67. The van der Waals surface area contributed by atoms with Crippen molar-refractivity contribution in [3.63, 3.8) is 0 Å². The molecule has 0 saturated heterocycles. The number of hydrogen-bond acceptors (Lipinski definition) is 2. The highest BCUT2D eigenvalue weighted by Crippen LogP contribution is 2.38. The van der Waals surface area contributed by atoms with Crippen molar-refractivity contribution in [1.29, 1.82) is 0 Å². The maximum absolute atomic E-state index is 9.26. The predicted octanol–water partition coefficient (Wildman–Crippen LogP) is 2.36. The summed E-state index contributed by atoms with van der Waals surface area (Å²) < 4.78 is 5.15. The molecule has 0 saturated carbocycles. The molecule has 5 heteroatoms. The fourth-order valence-electron chi connectivity index (χ4n) is 1.18. The minimum Gasteiger partial charge on any atom is -0.433 e. The summed E-state index contributed by atoms with van der Waals surface area (Å²) in [5, 5.41) is 0. The molecule has 78 valence electrons. The van der Waals surface area contributed by atoms with E-state index in [9.17, 15) is 4.89 Å². The van der Waals surface area contributed by atoms with Crippen molar-refractivity contribution in [2.45, 2.75) is 19.8 Å². The first-order chi connectivity index (χ1) is 6.40. The topological polar surface area (TPSA) is 55.5 Å². The zero-order valence-electron chi connectivity index (χ0n) is 8.18. The van der Waals surface area contributed by atoms with Crippen molar-refractivity contribution in [3.05, 3.63) is 29.8 Å². The van der Waals surface area contributed by atoms with Gasteiger partial charge in [-0.3, -0.25) is 0 Å². The highest BCUT2D eigenvalue weighted by atomic mass is 32.5. The lowest BCUT2D eigenvalue weighted by Crippen LogP contribution is -2.03. The Morgan fingerprint density at radius 1 is 1.43 bits per heavy atom. The van der Waals surface area contributed by atoms with Crippen LogP contribution in [0.3, 0.4) is 0 Å². The van der Waals surface area contributed by atoms with E-state index < -0.39 is 6.64 Å². The Hall–Kier alpha value is -0.410. The molecule has 0 bridgehead atoms. The third-order valence-corrected chi connectivity index (χ3v) is 2.45. The zero-order chi connectivity index (χ0) is 10.8. The van der Waals surface area contributed by atoms with Gasteiger partial charge in [0.2, 0.25) is 0 Å². The van der Waals surface area contributed by atoms with Crippen LogP contribution in [0.2, 0.25) is 0 Å². The second-order valence-electron chi connectivity index (χ2n) is 3.35. The lowest BCUT2D eigenvalue weighted by atomic mass is 10.0. The van der Waals surface area contributed by atoms with Gasteiger partial charge in [0.25, 0.3) is 0 Å². The van der Waals surface area contributed by atoms with Gasteiger partial charge in [-0.1, -0.05) is 32.0 Å². The molecule has 1 aromatic rings. The largest absolute Gasteiger partial charge is 0.433 e. The highest BCUT2D eigenvalue weighted by molar-refractivity contribution is 8.08. The average molecular weight is 231 g/mol. The summed E-state index contributed by atoms with van der Waals surface area (Å²) in [6.45, 7) is 0.962. The molecule has 0 aliphatic carbocycles. The van der Waals surface area contributed by atoms with Gasteiger partial charge in [-0.15, -0.1) is 0 Å². The van der Waals surface area contributed by atoms with Crippen LogP contribution in [0.15, 0.2) is 24.3 Å². The molecular weight excluding hydrogens is 217 g/mol. The van der Waals surface area contributed by atoms with E-state index in [0.29, 0.717) is 11.7 Å². The summed E-state index contributed by atoms with van der Waals surface area (Å²) in [5.41, 5.74) is 6.30. The molecule has 1 atom stereocenters. The van der Waals surface area contributed by atoms with E-state index in [1.807, 2.05) is 32.0 Å². The summed E-state index contributed by atoms with van der Waals surface area (Å²) in [6, 6.07) is 7.44. The molecule has 0 heterocycles. The standard InChI is InChI=1S/C9H14NO2PS/c1-7(2)8-5-3-4-6-9(8)12-13(10,11)14/h3-7H,1-2H3,(H3,10,11,14). The first kappa shape index (κ1) is 11.7. The Labute approximate surface area is 89.1 Å². The summed E-state index contributed by atoms with van der Waals surface area (Å²) in [7, 11) is 0. The molecule has 14 heavy (non-hydrogen) atoms. The van der Waals surface area contributed by atoms with Crippen molar-refractivity contribution >= 4 is 18.4 Å². The van der Waals surface area contributed by atoms with Crippen LogP contribution >= 0.6 is 6.64 Å². The van der Waals surface area contributed by atoms with Crippen LogP contribution in [0.1, 0.15) is 25.3 Å². The maximum atomic E-state index is 9.26. The number of hydrogen-bond donors (Lipinski definition) is 2.